The second-order valence-electron chi connectivity index (χ2n) is 2.50. The highest BCUT2D eigenvalue weighted by Crippen LogP contribution is 1.90. The number of nitrogens with one attached hydrogen (secondary N) is 1. The van der Waals surface area contributed by atoms with Gasteiger partial charge < -0.3 is 5.11 Å². The number of hydrogen-bond acceptors (Lipinski definition) is 3. The van der Waals surface area contributed by atoms with E-state index in [9.17, 15) is 4.79 Å². The van der Waals surface area contributed by atoms with Gasteiger partial charge >= 0.3 is 5.97 Å². The number of rotatable bonds is 2. The van der Waals surface area contributed by atoms with E-state index in [1.807, 2.05) is 6.92 Å². The molecule has 0 fully saturated rings. The quantitative estimate of drug-likeness (QED) is 0.550. The number of hydrogen-bond donors (Lipinski definition) is 2. The summed E-state index contributed by atoms with van der Waals surface area (Å²) in [5, 5.41) is 9.28. The van der Waals surface area contributed by atoms with Gasteiger partial charge in [-0.25, -0.2) is 14.6 Å². The van der Waals surface area contributed by atoms with Crippen molar-refractivity contribution in [2.45, 2.75) is 6.92 Å². The number of aliphatic imine (C=N–C) groups is 1. The minimum Gasteiger partial charge on any atom is -0.477 e. The zero-order chi connectivity index (χ0) is 9.14. The van der Waals surface area contributed by atoms with Crippen molar-refractivity contribution in [2.75, 3.05) is 13.7 Å². The van der Waals surface area contributed by atoms with Gasteiger partial charge in [0.2, 0.25) is 0 Å². The van der Waals surface area contributed by atoms with E-state index in [2.05, 4.69) is 4.99 Å². The van der Waals surface area contributed by atoms with Crippen LogP contribution in [0.3, 0.4) is 0 Å². The van der Waals surface area contributed by atoms with Crippen LogP contribution < -0.4 is 5.06 Å². The normalized spacial score (nSPS) is 23.0. The van der Waals surface area contributed by atoms with Crippen LogP contribution in [-0.2, 0) is 9.63 Å². The Morgan fingerprint density at radius 1 is 1.83 bits per heavy atom. The maximum absolute atomic E-state index is 10.5. The molecule has 1 aliphatic rings. The van der Waals surface area contributed by atoms with Gasteiger partial charge in [-0.05, 0) is 0 Å². The Morgan fingerprint density at radius 2 is 2.50 bits per heavy atom. The summed E-state index contributed by atoms with van der Waals surface area (Å²) < 4.78 is 0. The number of carboxylic acids is 1. The highest BCUT2D eigenvalue weighted by atomic mass is 16.7. The molecule has 5 nitrogen and oxygen atoms in total. The molecule has 2 N–H and O–H groups in total. The first-order valence-corrected chi connectivity index (χ1v) is 3.52. The molecular formula is C7H11N2O3+. The van der Waals surface area contributed by atoms with Crippen molar-refractivity contribution < 1.29 is 19.8 Å². The van der Waals surface area contributed by atoms with Crippen LogP contribution in [0.25, 0.3) is 0 Å². The Bertz CT molecular complexity index is 257. The van der Waals surface area contributed by atoms with Crippen molar-refractivity contribution in [2.24, 2.45) is 4.99 Å². The number of carbonyl (C=O) groups is 1. The summed E-state index contributed by atoms with van der Waals surface area (Å²) in [6.07, 6.45) is 1.51. The minimum atomic E-state index is -0.992. The molecule has 0 aliphatic carbocycles. The summed E-state index contributed by atoms with van der Waals surface area (Å²) in [6, 6.07) is 0. The lowest BCUT2D eigenvalue weighted by Crippen LogP contribution is -3.10. The fourth-order valence-corrected chi connectivity index (χ4v) is 0.948. The number of aliphatic carboxylic acids is 1. The molecule has 0 saturated carbocycles. The summed E-state index contributed by atoms with van der Waals surface area (Å²) in [5.74, 6) is -0.992. The third-order valence-corrected chi connectivity index (χ3v) is 1.68. The molecule has 0 spiro atoms. The van der Waals surface area contributed by atoms with Crippen LogP contribution in [0.1, 0.15) is 6.92 Å². The highest BCUT2D eigenvalue weighted by molar-refractivity contribution is 6.36. The molecule has 0 radical (unpaired) electrons. The maximum atomic E-state index is 10.5. The van der Waals surface area contributed by atoms with Crippen molar-refractivity contribution in [3.8, 4) is 0 Å². The van der Waals surface area contributed by atoms with Gasteiger partial charge in [0, 0.05) is 6.92 Å². The Labute approximate surface area is 69.9 Å². The van der Waals surface area contributed by atoms with E-state index in [0.717, 1.165) is 5.70 Å². The van der Waals surface area contributed by atoms with Crippen molar-refractivity contribution in [3.05, 3.63) is 11.9 Å². The molecular weight excluding hydrogens is 160 g/mol. The lowest BCUT2D eigenvalue weighted by Gasteiger charge is -2.16. The minimum absolute atomic E-state index is 0.123. The summed E-state index contributed by atoms with van der Waals surface area (Å²) in [6.45, 7) is 2.11. The second kappa shape index (κ2) is 3.46. The molecule has 0 bridgehead atoms. The van der Waals surface area contributed by atoms with Gasteiger partial charge in [0.1, 0.15) is 0 Å². The average molecular weight is 171 g/mol. The van der Waals surface area contributed by atoms with Crippen molar-refractivity contribution in [1.82, 2.24) is 0 Å². The third-order valence-electron chi connectivity index (χ3n) is 1.68. The van der Waals surface area contributed by atoms with E-state index < -0.39 is 5.97 Å². The van der Waals surface area contributed by atoms with Crippen LogP contribution in [0.5, 0.6) is 0 Å². The van der Waals surface area contributed by atoms with Crippen LogP contribution in [0.4, 0.5) is 0 Å². The topological polar surface area (TPSA) is 63.3 Å². The largest absolute Gasteiger partial charge is 0.477 e. The van der Waals surface area contributed by atoms with Crippen LogP contribution in [0.2, 0.25) is 0 Å². The first-order chi connectivity index (χ1) is 5.65. The SMILES string of the molecule is CO[NH+]1CC(C(=O)O)=NC=C1C. The van der Waals surface area contributed by atoms with E-state index in [0.29, 0.717) is 5.06 Å². The Hall–Kier alpha value is -1.20. The molecule has 1 heterocycles. The van der Waals surface area contributed by atoms with Gasteiger partial charge in [0.25, 0.3) is 0 Å². The first kappa shape index (κ1) is 8.89. The van der Waals surface area contributed by atoms with E-state index in [-0.39, 0.29) is 12.3 Å². The highest BCUT2D eigenvalue weighted by Gasteiger charge is 2.23. The van der Waals surface area contributed by atoms with Crippen molar-refractivity contribution in [3.63, 3.8) is 0 Å². The number of hydroxylamine groups is 2. The fraction of sp³-hybridized carbons (Fsp3) is 0.429. The molecule has 12 heavy (non-hydrogen) atoms. The number of nitrogens with zero attached hydrogens (tertiary/aromatic N) is 1. The molecule has 1 rings (SSSR count). The van der Waals surface area contributed by atoms with Gasteiger partial charge in [0.05, 0.1) is 13.3 Å². The van der Waals surface area contributed by atoms with Crippen LogP contribution >= 0.6 is 0 Å². The second-order valence-corrected chi connectivity index (χ2v) is 2.50. The third kappa shape index (κ3) is 1.69. The molecule has 0 saturated heterocycles. The average Bonchev–Trinajstić information content (AvgIpc) is 2.05. The predicted octanol–water partition coefficient (Wildman–Crippen LogP) is -1.17. The molecule has 0 aromatic rings. The summed E-state index contributed by atoms with van der Waals surface area (Å²) in [5.41, 5.74) is 1.000. The Morgan fingerprint density at radius 3 is 3.00 bits per heavy atom. The van der Waals surface area contributed by atoms with Crippen molar-refractivity contribution >= 4 is 11.7 Å². The molecule has 5 heteroatoms. The zero-order valence-electron chi connectivity index (χ0n) is 7.00. The summed E-state index contributed by atoms with van der Waals surface area (Å²) in [4.78, 5) is 19.2. The smallest absolute Gasteiger partial charge is 0.356 e. The van der Waals surface area contributed by atoms with Crippen molar-refractivity contribution in [1.29, 1.82) is 0 Å². The van der Waals surface area contributed by atoms with E-state index in [1.165, 1.54) is 13.3 Å². The fourth-order valence-electron chi connectivity index (χ4n) is 0.948. The van der Waals surface area contributed by atoms with Gasteiger partial charge in [-0.1, -0.05) is 0 Å². The van der Waals surface area contributed by atoms with Gasteiger partial charge in [-0.3, -0.25) is 0 Å². The summed E-state index contributed by atoms with van der Waals surface area (Å²) >= 11 is 0. The van der Waals surface area contributed by atoms with Crippen LogP contribution in [0, 0.1) is 0 Å². The molecule has 0 amide bonds. The standard InChI is InChI=1S/C7H10N2O3/c1-5-3-8-6(7(10)11)4-9(5)12-2/h3H,4H2,1-2H3,(H,10,11)/p+1. The Balaban J connectivity index is 2.79. The number of quaternary nitrogens is 1. The van der Waals surface area contributed by atoms with E-state index in [1.54, 1.807) is 0 Å². The molecule has 66 valence electrons. The molecule has 0 aromatic heterocycles. The molecule has 1 aliphatic heterocycles. The maximum Gasteiger partial charge on any atom is 0.356 e. The van der Waals surface area contributed by atoms with Gasteiger partial charge in [-0.2, -0.15) is 5.06 Å². The number of allylic oxidation sites excluding steroid dienone is 1. The van der Waals surface area contributed by atoms with E-state index >= 15 is 0 Å². The first-order valence-electron chi connectivity index (χ1n) is 3.52. The molecule has 0 aromatic carbocycles. The molecule has 1 unspecified atom stereocenters. The molecule has 1 atom stereocenters. The number of carboxylic acid groups (broad SMARTS) is 1. The summed E-state index contributed by atoms with van der Waals surface area (Å²) in [7, 11) is 1.53. The van der Waals surface area contributed by atoms with Gasteiger partial charge in [0.15, 0.2) is 18.0 Å². The van der Waals surface area contributed by atoms with Crippen LogP contribution in [0.15, 0.2) is 16.9 Å². The lowest BCUT2D eigenvalue weighted by atomic mass is 10.3. The lowest BCUT2D eigenvalue weighted by molar-refractivity contribution is -1.05. The zero-order valence-corrected chi connectivity index (χ0v) is 7.00. The Kier molecular flexibility index (Phi) is 2.57. The van der Waals surface area contributed by atoms with Crippen LogP contribution in [-0.4, -0.2) is 30.4 Å². The van der Waals surface area contributed by atoms with Gasteiger partial charge in [-0.15, -0.1) is 0 Å². The van der Waals surface area contributed by atoms with E-state index in [4.69, 9.17) is 9.94 Å². The monoisotopic (exact) mass is 171 g/mol. The predicted molar refractivity (Wildman–Crippen MR) is 41.7 cm³/mol.